The first-order valence-electron chi connectivity index (χ1n) is 7.50. The van der Waals surface area contributed by atoms with Crippen LogP contribution in [0.4, 0.5) is 0 Å². The van der Waals surface area contributed by atoms with E-state index in [1.54, 1.807) is 12.5 Å². The monoisotopic (exact) mass is 339 g/mol. The first-order valence-corrected chi connectivity index (χ1v) is 7.50. The fraction of sp³-hybridized carbons (Fsp3) is 0.158. The number of benzene rings is 2. The number of ether oxygens (including phenoxy) is 1. The minimum atomic E-state index is 0. The van der Waals surface area contributed by atoms with Crippen LogP contribution in [0, 0.1) is 11.3 Å². The maximum Gasteiger partial charge on any atom is 0.137 e. The number of hydrogen-bond acceptors (Lipinski definition) is 3. The van der Waals surface area contributed by atoms with Crippen LogP contribution in [0.25, 0.3) is 0 Å². The molecule has 5 heteroatoms. The number of nitrogens with zero attached hydrogens (tertiary/aromatic N) is 3. The van der Waals surface area contributed by atoms with Gasteiger partial charge in [0, 0.05) is 25.4 Å². The van der Waals surface area contributed by atoms with Crippen molar-refractivity contribution < 1.29 is 4.74 Å². The molecule has 2 aromatic carbocycles. The number of imidazole rings is 1. The number of rotatable bonds is 6. The Hall–Kier alpha value is -2.77. The van der Waals surface area contributed by atoms with E-state index in [0.717, 1.165) is 12.0 Å². The van der Waals surface area contributed by atoms with Gasteiger partial charge in [-0.1, -0.05) is 36.4 Å². The Labute approximate surface area is 147 Å². The molecule has 1 aromatic heterocycles. The third kappa shape index (κ3) is 4.61. The summed E-state index contributed by atoms with van der Waals surface area (Å²) in [5.41, 5.74) is 2.87. The number of halogens is 1. The van der Waals surface area contributed by atoms with Gasteiger partial charge in [-0.05, 0) is 23.3 Å². The highest BCUT2D eigenvalue weighted by atomic mass is 35.5. The third-order valence-electron chi connectivity index (χ3n) is 3.58. The van der Waals surface area contributed by atoms with Gasteiger partial charge < -0.3 is 9.30 Å². The predicted molar refractivity (Wildman–Crippen MR) is 95.4 cm³/mol. The molecule has 0 saturated heterocycles. The average Bonchev–Trinajstić information content (AvgIpc) is 3.09. The van der Waals surface area contributed by atoms with Gasteiger partial charge in [0.25, 0.3) is 0 Å². The smallest absolute Gasteiger partial charge is 0.137 e. The SMILES string of the molecule is Cl.N#Cc1ccc(Cn2ccnc2)cc1OCCc1ccccc1. The Bertz CT molecular complexity index is 795. The second-order valence-electron chi connectivity index (χ2n) is 5.26. The van der Waals surface area contributed by atoms with Crippen molar-refractivity contribution in [3.63, 3.8) is 0 Å². The van der Waals surface area contributed by atoms with Crippen molar-refractivity contribution in [3.8, 4) is 11.8 Å². The number of nitriles is 1. The standard InChI is InChI=1S/C19H17N3O.ClH/c20-13-18-7-6-17(14-22-10-9-21-15-22)12-19(18)23-11-8-16-4-2-1-3-5-16;/h1-7,9-10,12,15H,8,11,14H2;1H. The summed E-state index contributed by atoms with van der Waals surface area (Å²) >= 11 is 0. The van der Waals surface area contributed by atoms with E-state index in [4.69, 9.17) is 4.74 Å². The summed E-state index contributed by atoms with van der Waals surface area (Å²) in [5, 5.41) is 9.24. The predicted octanol–water partition coefficient (Wildman–Crippen LogP) is 3.85. The molecule has 4 nitrogen and oxygen atoms in total. The Balaban J connectivity index is 0.00000208. The van der Waals surface area contributed by atoms with E-state index >= 15 is 0 Å². The summed E-state index contributed by atoms with van der Waals surface area (Å²) < 4.78 is 7.83. The van der Waals surface area contributed by atoms with Crippen molar-refractivity contribution in [2.45, 2.75) is 13.0 Å². The highest BCUT2D eigenvalue weighted by molar-refractivity contribution is 5.85. The van der Waals surface area contributed by atoms with Gasteiger partial charge in [-0.2, -0.15) is 5.26 Å². The highest BCUT2D eigenvalue weighted by Crippen LogP contribution is 2.21. The summed E-state index contributed by atoms with van der Waals surface area (Å²) in [6.45, 7) is 1.26. The van der Waals surface area contributed by atoms with Gasteiger partial charge in [-0.3, -0.25) is 0 Å². The molecular formula is C19H18ClN3O. The van der Waals surface area contributed by atoms with Gasteiger partial charge in [0.2, 0.25) is 0 Å². The van der Waals surface area contributed by atoms with Crippen LogP contribution in [0.3, 0.4) is 0 Å². The molecule has 3 rings (SSSR count). The molecule has 24 heavy (non-hydrogen) atoms. The fourth-order valence-electron chi connectivity index (χ4n) is 2.39. The van der Waals surface area contributed by atoms with Crippen molar-refractivity contribution in [2.24, 2.45) is 0 Å². The number of aromatic nitrogens is 2. The molecule has 0 fully saturated rings. The number of hydrogen-bond donors (Lipinski definition) is 0. The van der Waals surface area contributed by atoms with Crippen LogP contribution < -0.4 is 4.74 Å². The lowest BCUT2D eigenvalue weighted by Crippen LogP contribution is -2.04. The van der Waals surface area contributed by atoms with Crippen molar-refractivity contribution >= 4 is 12.4 Å². The van der Waals surface area contributed by atoms with Gasteiger partial charge in [-0.25, -0.2) is 4.98 Å². The van der Waals surface area contributed by atoms with Gasteiger partial charge in [0.15, 0.2) is 0 Å². The molecule has 122 valence electrons. The maximum absolute atomic E-state index is 9.24. The van der Waals surface area contributed by atoms with Crippen molar-refractivity contribution in [1.29, 1.82) is 5.26 Å². The highest BCUT2D eigenvalue weighted by Gasteiger charge is 2.06. The van der Waals surface area contributed by atoms with E-state index in [0.29, 0.717) is 24.5 Å². The zero-order valence-electron chi connectivity index (χ0n) is 13.1. The van der Waals surface area contributed by atoms with E-state index in [1.807, 2.05) is 47.2 Å². The van der Waals surface area contributed by atoms with Gasteiger partial charge in [0.05, 0.1) is 18.5 Å². The normalized spacial score (nSPS) is 9.79. The molecule has 0 radical (unpaired) electrons. The van der Waals surface area contributed by atoms with Crippen LogP contribution in [0.15, 0.2) is 67.3 Å². The summed E-state index contributed by atoms with van der Waals surface area (Å²) in [5.74, 6) is 0.640. The third-order valence-corrected chi connectivity index (χ3v) is 3.58. The zero-order valence-corrected chi connectivity index (χ0v) is 13.9. The molecule has 0 unspecified atom stereocenters. The van der Waals surface area contributed by atoms with Crippen molar-refractivity contribution in [2.75, 3.05) is 6.61 Å². The first-order chi connectivity index (χ1) is 11.3. The summed E-state index contributed by atoms with van der Waals surface area (Å²) in [6, 6.07) is 18.1. The molecule has 0 saturated carbocycles. The Morgan fingerprint density at radius 3 is 2.62 bits per heavy atom. The molecule has 0 atom stereocenters. The molecule has 0 amide bonds. The van der Waals surface area contributed by atoms with E-state index in [9.17, 15) is 5.26 Å². The van der Waals surface area contributed by atoms with Gasteiger partial charge in [-0.15, -0.1) is 12.4 Å². The largest absolute Gasteiger partial charge is 0.492 e. The van der Waals surface area contributed by atoms with E-state index in [-0.39, 0.29) is 12.4 Å². The first kappa shape index (κ1) is 17.6. The lowest BCUT2D eigenvalue weighted by molar-refractivity contribution is 0.320. The quantitative estimate of drug-likeness (QED) is 0.685. The minimum absolute atomic E-state index is 0. The lowest BCUT2D eigenvalue weighted by Gasteiger charge is -2.10. The second-order valence-corrected chi connectivity index (χ2v) is 5.26. The average molecular weight is 340 g/mol. The molecule has 0 aliphatic heterocycles. The fourth-order valence-corrected chi connectivity index (χ4v) is 2.39. The Morgan fingerprint density at radius 2 is 1.92 bits per heavy atom. The molecule has 1 heterocycles. The van der Waals surface area contributed by atoms with Crippen molar-refractivity contribution in [3.05, 3.63) is 83.9 Å². The van der Waals surface area contributed by atoms with E-state index in [1.165, 1.54) is 5.56 Å². The van der Waals surface area contributed by atoms with Crippen LogP contribution >= 0.6 is 12.4 Å². The zero-order chi connectivity index (χ0) is 15.9. The topological polar surface area (TPSA) is 50.8 Å². The molecule has 0 spiro atoms. The molecule has 0 N–H and O–H groups in total. The Morgan fingerprint density at radius 1 is 1.08 bits per heavy atom. The van der Waals surface area contributed by atoms with Crippen LogP contribution in [0.5, 0.6) is 5.75 Å². The van der Waals surface area contributed by atoms with Crippen LogP contribution in [0.1, 0.15) is 16.7 Å². The summed E-state index contributed by atoms with van der Waals surface area (Å²) in [7, 11) is 0. The molecule has 0 bridgehead atoms. The lowest BCUT2D eigenvalue weighted by atomic mass is 10.1. The van der Waals surface area contributed by atoms with E-state index < -0.39 is 0 Å². The van der Waals surface area contributed by atoms with Crippen LogP contribution in [-0.2, 0) is 13.0 Å². The summed E-state index contributed by atoms with van der Waals surface area (Å²) in [6.07, 6.45) is 6.25. The molecule has 3 aromatic rings. The summed E-state index contributed by atoms with van der Waals surface area (Å²) in [4.78, 5) is 4.04. The molecule has 0 aliphatic rings. The van der Waals surface area contributed by atoms with Gasteiger partial charge in [0.1, 0.15) is 11.8 Å². The Kier molecular flexibility index (Phi) is 6.41. The van der Waals surface area contributed by atoms with Gasteiger partial charge >= 0.3 is 0 Å². The minimum Gasteiger partial charge on any atom is -0.492 e. The molecule has 0 aliphatic carbocycles. The van der Waals surface area contributed by atoms with Crippen molar-refractivity contribution in [1.82, 2.24) is 9.55 Å². The maximum atomic E-state index is 9.24. The van der Waals surface area contributed by atoms with Crippen LogP contribution in [0.2, 0.25) is 0 Å². The van der Waals surface area contributed by atoms with Crippen LogP contribution in [-0.4, -0.2) is 16.2 Å². The second kappa shape index (κ2) is 8.76. The van der Waals surface area contributed by atoms with E-state index in [2.05, 4.69) is 23.2 Å². The molecular weight excluding hydrogens is 322 g/mol.